The minimum atomic E-state index is -3.44. The highest BCUT2D eigenvalue weighted by atomic mass is 35.5. The molecule has 1 heterocycles. The fraction of sp³-hybridized carbons (Fsp3) is 0.500. The molecule has 0 radical (unpaired) electrons. The van der Waals surface area contributed by atoms with Gasteiger partial charge < -0.3 is 4.90 Å². The number of nitrogens with one attached hydrogen (secondary N) is 1. The summed E-state index contributed by atoms with van der Waals surface area (Å²) in [6.45, 7) is 2.76. The SMILES string of the molecule is C[C@H]1CCCCN1C(=O)c1ccc(Cl)c(NS(C)(=O)=O)c1. The molecule has 1 atom stereocenters. The number of likely N-dealkylation sites (tertiary alicyclic amines) is 1. The van der Waals surface area contributed by atoms with E-state index in [0.29, 0.717) is 5.56 Å². The van der Waals surface area contributed by atoms with Crippen LogP contribution < -0.4 is 4.72 Å². The topological polar surface area (TPSA) is 66.5 Å². The number of halogens is 1. The van der Waals surface area contributed by atoms with E-state index in [4.69, 9.17) is 11.6 Å². The Kier molecular flexibility index (Phi) is 4.78. The second-order valence-electron chi connectivity index (χ2n) is 5.41. The van der Waals surface area contributed by atoms with Crippen LogP contribution in [0.4, 0.5) is 5.69 Å². The summed E-state index contributed by atoms with van der Waals surface area (Å²) in [4.78, 5) is 14.4. The first-order valence-electron chi connectivity index (χ1n) is 6.86. The Bertz CT molecular complexity index is 646. The van der Waals surface area contributed by atoms with E-state index in [1.54, 1.807) is 6.07 Å². The quantitative estimate of drug-likeness (QED) is 0.926. The summed E-state index contributed by atoms with van der Waals surface area (Å²) < 4.78 is 25.0. The number of piperidine rings is 1. The van der Waals surface area contributed by atoms with Crippen molar-refractivity contribution in [3.05, 3.63) is 28.8 Å². The molecule has 0 unspecified atom stereocenters. The zero-order valence-electron chi connectivity index (χ0n) is 12.1. The van der Waals surface area contributed by atoms with Crippen LogP contribution in [0.5, 0.6) is 0 Å². The van der Waals surface area contributed by atoms with E-state index in [1.165, 1.54) is 12.1 Å². The Morgan fingerprint density at radius 3 is 2.71 bits per heavy atom. The van der Waals surface area contributed by atoms with E-state index in [1.807, 2.05) is 11.8 Å². The smallest absolute Gasteiger partial charge is 0.254 e. The van der Waals surface area contributed by atoms with Gasteiger partial charge >= 0.3 is 0 Å². The number of carbonyl (C=O) groups excluding carboxylic acids is 1. The van der Waals surface area contributed by atoms with E-state index < -0.39 is 10.0 Å². The molecular weight excluding hydrogens is 312 g/mol. The molecule has 21 heavy (non-hydrogen) atoms. The number of carbonyl (C=O) groups is 1. The molecule has 1 amide bonds. The van der Waals surface area contributed by atoms with Gasteiger partial charge in [0, 0.05) is 18.2 Å². The van der Waals surface area contributed by atoms with Gasteiger partial charge in [-0.15, -0.1) is 0 Å². The predicted molar refractivity (Wildman–Crippen MR) is 84.3 cm³/mol. The molecule has 1 N–H and O–H groups in total. The third-order valence-electron chi connectivity index (χ3n) is 3.57. The van der Waals surface area contributed by atoms with Crippen LogP contribution in [0.25, 0.3) is 0 Å². The van der Waals surface area contributed by atoms with Crippen molar-refractivity contribution < 1.29 is 13.2 Å². The summed E-state index contributed by atoms with van der Waals surface area (Å²) in [6.07, 6.45) is 4.17. The lowest BCUT2D eigenvalue weighted by Crippen LogP contribution is -2.42. The molecule has 1 aliphatic rings. The van der Waals surface area contributed by atoms with Crippen LogP contribution in [-0.2, 0) is 10.0 Å². The summed E-state index contributed by atoms with van der Waals surface area (Å²) in [6, 6.07) is 4.86. The first-order valence-corrected chi connectivity index (χ1v) is 9.13. The van der Waals surface area contributed by atoms with E-state index in [0.717, 1.165) is 32.1 Å². The third kappa shape index (κ3) is 4.11. The van der Waals surface area contributed by atoms with Crippen LogP contribution in [-0.4, -0.2) is 38.1 Å². The normalized spacial score (nSPS) is 19.4. The molecule has 0 aliphatic carbocycles. The number of rotatable bonds is 3. The number of amides is 1. The van der Waals surface area contributed by atoms with Gasteiger partial charge in [0.2, 0.25) is 10.0 Å². The summed E-state index contributed by atoms with van der Waals surface area (Å²) in [5.41, 5.74) is 0.675. The summed E-state index contributed by atoms with van der Waals surface area (Å²) in [5.74, 6) is -0.0876. The minimum Gasteiger partial charge on any atom is -0.336 e. The van der Waals surface area contributed by atoms with Crippen LogP contribution in [0, 0.1) is 0 Å². The predicted octanol–water partition coefficient (Wildman–Crippen LogP) is 2.73. The van der Waals surface area contributed by atoms with Crippen LogP contribution in [0.2, 0.25) is 5.02 Å². The number of hydrogen-bond acceptors (Lipinski definition) is 3. The fourth-order valence-electron chi connectivity index (χ4n) is 2.50. The average Bonchev–Trinajstić information content (AvgIpc) is 2.39. The number of hydrogen-bond donors (Lipinski definition) is 1. The lowest BCUT2D eigenvalue weighted by molar-refractivity contribution is 0.0635. The van der Waals surface area contributed by atoms with Crippen LogP contribution in [0.15, 0.2) is 18.2 Å². The summed E-state index contributed by atoms with van der Waals surface area (Å²) in [5, 5.41) is 0.267. The highest BCUT2D eigenvalue weighted by Crippen LogP contribution is 2.26. The summed E-state index contributed by atoms with van der Waals surface area (Å²) >= 11 is 5.97. The molecule has 2 rings (SSSR count). The maximum absolute atomic E-state index is 12.5. The van der Waals surface area contributed by atoms with Crippen molar-refractivity contribution in [2.24, 2.45) is 0 Å². The first-order chi connectivity index (χ1) is 9.78. The Morgan fingerprint density at radius 2 is 2.10 bits per heavy atom. The molecule has 116 valence electrons. The van der Waals surface area contributed by atoms with Gasteiger partial charge in [0.1, 0.15) is 0 Å². The lowest BCUT2D eigenvalue weighted by atomic mass is 10.0. The van der Waals surface area contributed by atoms with Gasteiger partial charge in [0.25, 0.3) is 5.91 Å². The van der Waals surface area contributed by atoms with Gasteiger partial charge in [-0.25, -0.2) is 8.42 Å². The Labute approximate surface area is 130 Å². The largest absolute Gasteiger partial charge is 0.336 e. The van der Waals surface area contributed by atoms with Crippen molar-refractivity contribution in [3.63, 3.8) is 0 Å². The van der Waals surface area contributed by atoms with E-state index >= 15 is 0 Å². The van der Waals surface area contributed by atoms with E-state index in [9.17, 15) is 13.2 Å². The number of anilines is 1. The van der Waals surface area contributed by atoms with Gasteiger partial charge in [-0.1, -0.05) is 11.6 Å². The van der Waals surface area contributed by atoms with Crippen molar-refractivity contribution in [2.45, 2.75) is 32.2 Å². The van der Waals surface area contributed by atoms with E-state index in [2.05, 4.69) is 4.72 Å². The van der Waals surface area contributed by atoms with Crippen molar-refractivity contribution in [1.29, 1.82) is 0 Å². The minimum absolute atomic E-state index is 0.0876. The van der Waals surface area contributed by atoms with Gasteiger partial charge in [0.05, 0.1) is 17.0 Å². The molecule has 0 saturated carbocycles. The number of benzene rings is 1. The highest BCUT2D eigenvalue weighted by Gasteiger charge is 2.24. The van der Waals surface area contributed by atoms with Crippen molar-refractivity contribution in [2.75, 3.05) is 17.5 Å². The average molecular weight is 331 g/mol. The maximum Gasteiger partial charge on any atom is 0.254 e. The zero-order valence-corrected chi connectivity index (χ0v) is 13.7. The van der Waals surface area contributed by atoms with E-state index in [-0.39, 0.29) is 22.7 Å². The molecule has 1 aromatic carbocycles. The number of sulfonamides is 1. The van der Waals surface area contributed by atoms with Crippen molar-refractivity contribution in [3.8, 4) is 0 Å². The molecule has 1 fully saturated rings. The van der Waals surface area contributed by atoms with Gasteiger partial charge in [0.15, 0.2) is 0 Å². The molecule has 0 spiro atoms. The molecule has 0 aromatic heterocycles. The van der Waals surface area contributed by atoms with Crippen molar-refractivity contribution >= 4 is 33.2 Å². The molecule has 0 bridgehead atoms. The fourth-order valence-corrected chi connectivity index (χ4v) is 3.29. The van der Waals surface area contributed by atoms with Gasteiger partial charge in [-0.2, -0.15) is 0 Å². The highest BCUT2D eigenvalue weighted by molar-refractivity contribution is 7.92. The second kappa shape index (κ2) is 6.23. The third-order valence-corrected chi connectivity index (χ3v) is 4.49. The Hall–Kier alpha value is -1.27. The Balaban J connectivity index is 2.27. The zero-order chi connectivity index (χ0) is 15.6. The van der Waals surface area contributed by atoms with Gasteiger partial charge in [-0.05, 0) is 44.4 Å². The second-order valence-corrected chi connectivity index (χ2v) is 7.57. The molecule has 1 aromatic rings. The molecule has 5 nitrogen and oxygen atoms in total. The number of nitrogens with zero attached hydrogens (tertiary/aromatic N) is 1. The van der Waals surface area contributed by atoms with Crippen LogP contribution in [0.3, 0.4) is 0 Å². The summed E-state index contributed by atoms with van der Waals surface area (Å²) in [7, 11) is -3.44. The van der Waals surface area contributed by atoms with Crippen LogP contribution >= 0.6 is 11.6 Å². The lowest BCUT2D eigenvalue weighted by Gasteiger charge is -2.33. The standard InChI is InChI=1S/C14H19ClN2O3S/c1-10-5-3-4-8-17(10)14(18)11-6-7-12(15)13(9-11)16-21(2,19)20/h6-7,9-10,16H,3-5,8H2,1-2H3/t10-/m0/s1. The Morgan fingerprint density at radius 1 is 1.38 bits per heavy atom. The monoisotopic (exact) mass is 330 g/mol. The molecular formula is C14H19ClN2O3S. The van der Waals surface area contributed by atoms with Crippen LogP contribution in [0.1, 0.15) is 36.5 Å². The van der Waals surface area contributed by atoms with Crippen molar-refractivity contribution in [1.82, 2.24) is 4.90 Å². The molecule has 1 aliphatic heterocycles. The molecule has 1 saturated heterocycles. The van der Waals surface area contributed by atoms with Gasteiger partial charge in [-0.3, -0.25) is 9.52 Å². The molecule has 7 heteroatoms. The first kappa shape index (κ1) is 16.1. The maximum atomic E-state index is 12.5.